The van der Waals surface area contributed by atoms with Crippen LogP contribution in [-0.2, 0) is 11.2 Å². The molecule has 0 bridgehead atoms. The highest BCUT2D eigenvalue weighted by Crippen LogP contribution is 2.38. The number of ketones is 1. The summed E-state index contributed by atoms with van der Waals surface area (Å²) in [5.41, 5.74) is -0.704. The van der Waals surface area contributed by atoms with Gasteiger partial charge < -0.3 is 0 Å². The van der Waals surface area contributed by atoms with Crippen molar-refractivity contribution in [3.63, 3.8) is 0 Å². The highest BCUT2D eigenvalue weighted by molar-refractivity contribution is 7.09. The van der Waals surface area contributed by atoms with E-state index in [4.69, 9.17) is 5.26 Å². The predicted molar refractivity (Wildman–Crippen MR) is 54.9 cm³/mol. The van der Waals surface area contributed by atoms with E-state index < -0.39 is 5.41 Å². The highest BCUT2D eigenvalue weighted by atomic mass is 32.1. The lowest BCUT2D eigenvalue weighted by Gasteiger charge is -2.16. The third-order valence-electron chi connectivity index (χ3n) is 2.81. The molecule has 0 radical (unpaired) electrons. The van der Waals surface area contributed by atoms with Gasteiger partial charge in [0.1, 0.15) is 5.41 Å². The van der Waals surface area contributed by atoms with Crippen LogP contribution in [0.15, 0.2) is 17.5 Å². The molecular formula is C11H11NOS. The molecule has 0 aliphatic heterocycles. The fourth-order valence-corrected chi connectivity index (χ4v) is 2.80. The SMILES string of the molecule is N#CC1(Cc2cccs2)CCCC1=O. The summed E-state index contributed by atoms with van der Waals surface area (Å²) in [5.74, 6) is 0.133. The zero-order valence-electron chi connectivity index (χ0n) is 7.82. The molecule has 1 fully saturated rings. The fourth-order valence-electron chi connectivity index (χ4n) is 1.98. The Bertz CT molecular complexity index is 376. The van der Waals surface area contributed by atoms with Gasteiger partial charge in [0.25, 0.3) is 0 Å². The van der Waals surface area contributed by atoms with Gasteiger partial charge in [-0.1, -0.05) is 6.07 Å². The largest absolute Gasteiger partial charge is 0.298 e. The maximum absolute atomic E-state index is 11.6. The van der Waals surface area contributed by atoms with Crippen LogP contribution in [0.2, 0.25) is 0 Å². The molecule has 1 aromatic rings. The minimum atomic E-state index is -0.704. The van der Waals surface area contributed by atoms with Gasteiger partial charge >= 0.3 is 0 Å². The van der Waals surface area contributed by atoms with E-state index in [0.29, 0.717) is 12.8 Å². The second-order valence-corrected chi connectivity index (χ2v) is 4.76. The van der Waals surface area contributed by atoms with Crippen molar-refractivity contribution in [2.45, 2.75) is 25.7 Å². The van der Waals surface area contributed by atoms with Crippen molar-refractivity contribution in [2.75, 3.05) is 0 Å². The lowest BCUT2D eigenvalue weighted by Crippen LogP contribution is -2.25. The standard InChI is InChI=1S/C11H11NOS/c12-8-11(5-1-4-10(11)13)7-9-3-2-6-14-9/h2-3,6H,1,4-5,7H2. The van der Waals surface area contributed by atoms with Crippen molar-refractivity contribution in [3.05, 3.63) is 22.4 Å². The van der Waals surface area contributed by atoms with Crippen molar-refractivity contribution in [2.24, 2.45) is 5.41 Å². The van der Waals surface area contributed by atoms with Crippen LogP contribution in [-0.4, -0.2) is 5.78 Å². The fraction of sp³-hybridized carbons (Fsp3) is 0.455. The molecule has 72 valence electrons. The topological polar surface area (TPSA) is 40.9 Å². The molecular weight excluding hydrogens is 194 g/mol. The van der Waals surface area contributed by atoms with Gasteiger partial charge in [0.2, 0.25) is 0 Å². The molecule has 14 heavy (non-hydrogen) atoms. The number of nitriles is 1. The Hall–Kier alpha value is -1.14. The Balaban J connectivity index is 2.23. The van der Waals surface area contributed by atoms with E-state index >= 15 is 0 Å². The van der Waals surface area contributed by atoms with Crippen LogP contribution in [0.25, 0.3) is 0 Å². The molecule has 1 aliphatic carbocycles. The summed E-state index contributed by atoms with van der Waals surface area (Å²) in [7, 11) is 0. The Kier molecular flexibility index (Phi) is 2.39. The maximum atomic E-state index is 11.6. The molecule has 0 saturated heterocycles. The molecule has 1 atom stereocenters. The summed E-state index contributed by atoms with van der Waals surface area (Å²) in [6.45, 7) is 0. The van der Waals surface area contributed by atoms with Gasteiger partial charge in [0.15, 0.2) is 5.78 Å². The smallest absolute Gasteiger partial charge is 0.153 e. The van der Waals surface area contributed by atoms with Crippen molar-refractivity contribution in [1.29, 1.82) is 5.26 Å². The van der Waals surface area contributed by atoms with Gasteiger partial charge in [0.05, 0.1) is 6.07 Å². The van der Waals surface area contributed by atoms with Crippen LogP contribution in [0.4, 0.5) is 0 Å². The summed E-state index contributed by atoms with van der Waals surface area (Å²) >= 11 is 1.62. The second-order valence-electron chi connectivity index (χ2n) is 3.73. The zero-order valence-corrected chi connectivity index (χ0v) is 8.64. The van der Waals surface area contributed by atoms with Crippen LogP contribution < -0.4 is 0 Å². The van der Waals surface area contributed by atoms with Crippen molar-refractivity contribution >= 4 is 17.1 Å². The van der Waals surface area contributed by atoms with Crippen molar-refractivity contribution in [3.8, 4) is 6.07 Å². The van der Waals surface area contributed by atoms with Gasteiger partial charge in [-0.3, -0.25) is 4.79 Å². The third-order valence-corrected chi connectivity index (χ3v) is 3.69. The van der Waals surface area contributed by atoms with E-state index in [1.807, 2.05) is 17.5 Å². The first kappa shape index (κ1) is 9.42. The van der Waals surface area contributed by atoms with Gasteiger partial charge in [-0.2, -0.15) is 5.26 Å². The van der Waals surface area contributed by atoms with E-state index in [-0.39, 0.29) is 5.78 Å². The maximum Gasteiger partial charge on any atom is 0.153 e. The molecule has 3 heteroatoms. The summed E-state index contributed by atoms with van der Waals surface area (Å²) in [5, 5.41) is 11.1. The third kappa shape index (κ3) is 1.46. The van der Waals surface area contributed by atoms with Crippen LogP contribution >= 0.6 is 11.3 Å². The van der Waals surface area contributed by atoms with Gasteiger partial charge in [-0.15, -0.1) is 11.3 Å². The first-order valence-corrected chi connectivity index (χ1v) is 5.62. The highest BCUT2D eigenvalue weighted by Gasteiger charge is 2.42. The molecule has 0 N–H and O–H groups in total. The minimum Gasteiger partial charge on any atom is -0.298 e. The molecule has 0 amide bonds. The molecule has 1 heterocycles. The molecule has 1 aliphatic rings. The molecule has 1 unspecified atom stereocenters. The van der Waals surface area contributed by atoms with Crippen molar-refractivity contribution in [1.82, 2.24) is 0 Å². The Morgan fingerprint density at radius 2 is 2.50 bits per heavy atom. The average Bonchev–Trinajstić information content (AvgIpc) is 2.79. The zero-order chi connectivity index (χ0) is 10.0. The first-order valence-electron chi connectivity index (χ1n) is 4.74. The molecule has 1 saturated carbocycles. The van der Waals surface area contributed by atoms with Crippen LogP contribution in [0.1, 0.15) is 24.1 Å². The van der Waals surface area contributed by atoms with Crippen LogP contribution in [0.3, 0.4) is 0 Å². The Labute approximate surface area is 87.2 Å². The Morgan fingerprint density at radius 3 is 3.00 bits per heavy atom. The second kappa shape index (κ2) is 3.55. The monoisotopic (exact) mass is 205 g/mol. The summed E-state index contributed by atoms with van der Waals surface area (Å²) in [4.78, 5) is 12.8. The minimum absolute atomic E-state index is 0.133. The lowest BCUT2D eigenvalue weighted by molar-refractivity contribution is -0.123. The molecule has 1 aromatic heterocycles. The lowest BCUT2D eigenvalue weighted by atomic mass is 9.83. The number of Topliss-reactive ketones (excluding diaryl/α,β-unsaturated/α-hetero) is 1. The number of hydrogen-bond donors (Lipinski definition) is 0. The number of carbonyl (C=O) groups is 1. The summed E-state index contributed by atoms with van der Waals surface area (Å²) < 4.78 is 0. The summed E-state index contributed by atoms with van der Waals surface area (Å²) in [6, 6.07) is 6.18. The average molecular weight is 205 g/mol. The van der Waals surface area contributed by atoms with E-state index in [2.05, 4.69) is 6.07 Å². The van der Waals surface area contributed by atoms with Crippen LogP contribution in [0.5, 0.6) is 0 Å². The van der Waals surface area contributed by atoms with Crippen molar-refractivity contribution < 1.29 is 4.79 Å². The van der Waals surface area contributed by atoms with Gasteiger partial charge in [-0.05, 0) is 24.3 Å². The first-order chi connectivity index (χ1) is 6.77. The van der Waals surface area contributed by atoms with E-state index in [9.17, 15) is 4.79 Å². The number of nitrogens with zero attached hydrogens (tertiary/aromatic N) is 1. The van der Waals surface area contributed by atoms with E-state index in [1.165, 1.54) is 0 Å². The predicted octanol–water partition coefficient (Wildman–Crippen LogP) is 2.55. The number of hydrogen-bond acceptors (Lipinski definition) is 3. The normalized spacial score (nSPS) is 26.4. The van der Waals surface area contributed by atoms with Gasteiger partial charge in [0, 0.05) is 17.7 Å². The molecule has 2 rings (SSSR count). The van der Waals surface area contributed by atoms with E-state index in [1.54, 1.807) is 11.3 Å². The quantitative estimate of drug-likeness (QED) is 0.744. The molecule has 2 nitrogen and oxygen atoms in total. The number of rotatable bonds is 2. The van der Waals surface area contributed by atoms with Crippen LogP contribution in [0, 0.1) is 16.7 Å². The molecule has 0 spiro atoms. The van der Waals surface area contributed by atoms with E-state index in [0.717, 1.165) is 17.7 Å². The number of thiophene rings is 1. The van der Waals surface area contributed by atoms with Gasteiger partial charge in [-0.25, -0.2) is 0 Å². The summed E-state index contributed by atoms with van der Waals surface area (Å²) in [6.07, 6.45) is 2.80. The molecule has 0 aromatic carbocycles. The number of carbonyl (C=O) groups excluding carboxylic acids is 1. The Morgan fingerprint density at radius 1 is 1.64 bits per heavy atom.